The molecular weight excluding hydrogens is 256 g/mol. The van der Waals surface area contributed by atoms with Crippen LogP contribution in [0.5, 0.6) is 0 Å². The van der Waals surface area contributed by atoms with E-state index in [0.717, 1.165) is 12.2 Å². The van der Waals surface area contributed by atoms with Gasteiger partial charge in [0.2, 0.25) is 4.38 Å². The maximum absolute atomic E-state index is 11.6. The molecule has 1 aliphatic rings. The lowest BCUT2D eigenvalue weighted by Crippen LogP contribution is -2.29. The van der Waals surface area contributed by atoms with Gasteiger partial charge < -0.3 is 9.47 Å². The second-order valence-electron chi connectivity index (χ2n) is 4.14. The van der Waals surface area contributed by atoms with Crippen molar-refractivity contribution in [2.24, 2.45) is 5.41 Å². The molecule has 0 N–H and O–H groups in total. The molecule has 17 heavy (non-hydrogen) atoms. The van der Waals surface area contributed by atoms with Crippen molar-refractivity contribution in [2.75, 3.05) is 12.4 Å². The number of hydrogen-bond acceptors (Lipinski definition) is 5. The third-order valence-electron chi connectivity index (χ3n) is 2.49. The lowest BCUT2D eigenvalue weighted by molar-refractivity contribution is -0.156. The highest BCUT2D eigenvalue weighted by atomic mass is 32.2. The third kappa shape index (κ3) is 5.73. The second kappa shape index (κ2) is 7.93. The molecule has 1 saturated heterocycles. The minimum absolute atomic E-state index is 0. The largest absolute Gasteiger partial charge is 0.471 e. The summed E-state index contributed by atoms with van der Waals surface area (Å²) in [7, 11) is 0. The Bertz CT molecular complexity index is 264. The van der Waals surface area contributed by atoms with Crippen LogP contribution in [-0.2, 0) is 14.3 Å². The highest BCUT2D eigenvalue weighted by Crippen LogP contribution is 2.24. The topological polar surface area (TPSA) is 35.5 Å². The molecule has 1 aliphatic heterocycles. The summed E-state index contributed by atoms with van der Waals surface area (Å²) in [6.45, 7) is 6.03. The number of rotatable bonds is 4. The van der Waals surface area contributed by atoms with Crippen LogP contribution >= 0.6 is 24.0 Å². The van der Waals surface area contributed by atoms with Crippen molar-refractivity contribution >= 4 is 34.3 Å². The molecule has 102 valence electrons. The van der Waals surface area contributed by atoms with Crippen LogP contribution in [0.4, 0.5) is 0 Å². The Hall–Kier alpha value is -0.290. The Morgan fingerprint density at radius 2 is 2.18 bits per heavy atom. The van der Waals surface area contributed by atoms with Gasteiger partial charge >= 0.3 is 5.97 Å². The van der Waals surface area contributed by atoms with Gasteiger partial charge in [-0.05, 0) is 32.5 Å². The summed E-state index contributed by atoms with van der Waals surface area (Å²) in [5, 5.41) is 0. The first-order valence-corrected chi connectivity index (χ1v) is 6.35. The fourth-order valence-corrected chi connectivity index (χ4v) is 1.99. The summed E-state index contributed by atoms with van der Waals surface area (Å²) in [6, 6.07) is 0. The van der Waals surface area contributed by atoms with Crippen LogP contribution in [0, 0.1) is 5.41 Å². The second-order valence-corrected chi connectivity index (χ2v) is 5.76. The van der Waals surface area contributed by atoms with Crippen molar-refractivity contribution in [3.63, 3.8) is 0 Å². The Balaban J connectivity index is 0. The first kappa shape index (κ1) is 19.1. The number of thiocarbonyl (C=S) groups is 1. The molecule has 0 bridgehead atoms. The summed E-state index contributed by atoms with van der Waals surface area (Å²) in [5.41, 5.74) is -0.410. The minimum Gasteiger partial charge on any atom is -0.471 e. The molecule has 1 atom stereocenters. The number of carbonyl (C=O) groups is 1. The highest BCUT2D eigenvalue weighted by Gasteiger charge is 2.29. The summed E-state index contributed by atoms with van der Waals surface area (Å²) in [6.07, 6.45) is 0.698. The van der Waals surface area contributed by atoms with E-state index in [4.69, 9.17) is 21.7 Å². The van der Waals surface area contributed by atoms with E-state index in [2.05, 4.69) is 0 Å². The lowest BCUT2D eigenvalue weighted by Gasteiger charge is -2.21. The molecule has 0 aromatic rings. The summed E-state index contributed by atoms with van der Waals surface area (Å²) in [4.78, 5) is 11.6. The first-order valence-electron chi connectivity index (χ1n) is 4.96. The smallest absolute Gasteiger partial charge is 0.311 e. The number of hydrogen-bond donors (Lipinski definition) is 0. The van der Waals surface area contributed by atoms with Crippen molar-refractivity contribution in [2.45, 2.75) is 48.1 Å². The standard InChI is InChI=1S/C10H16O3S2.2CH4/c1-4-10(2,3)8(11)12-5-7-6-15-9(14)13-7;;/h7H,4-6H2,1-3H3;2*1H4. The van der Waals surface area contributed by atoms with Crippen LogP contribution in [0.25, 0.3) is 0 Å². The highest BCUT2D eigenvalue weighted by molar-refractivity contribution is 8.22. The van der Waals surface area contributed by atoms with E-state index in [1.165, 1.54) is 11.8 Å². The quantitative estimate of drug-likeness (QED) is 0.580. The molecular formula is C12H24O3S2. The molecule has 1 fully saturated rings. The van der Waals surface area contributed by atoms with Crippen molar-refractivity contribution in [3.8, 4) is 0 Å². The SMILES string of the molecule is C.C.CCC(C)(C)C(=O)OCC1CSC(=S)O1. The van der Waals surface area contributed by atoms with Gasteiger partial charge in [-0.25, -0.2) is 0 Å². The average molecular weight is 280 g/mol. The number of carbonyl (C=O) groups excluding carboxylic acids is 1. The normalized spacial score (nSPS) is 18.8. The minimum atomic E-state index is -0.410. The van der Waals surface area contributed by atoms with Gasteiger partial charge in [0.15, 0.2) is 0 Å². The first-order chi connectivity index (χ1) is 6.95. The summed E-state index contributed by atoms with van der Waals surface area (Å²) < 4.78 is 11.0. The zero-order valence-corrected chi connectivity index (χ0v) is 10.9. The van der Waals surface area contributed by atoms with Crippen LogP contribution in [0.15, 0.2) is 0 Å². The van der Waals surface area contributed by atoms with Crippen molar-refractivity contribution in [1.29, 1.82) is 0 Å². The number of esters is 1. The van der Waals surface area contributed by atoms with Crippen LogP contribution in [0.1, 0.15) is 42.0 Å². The van der Waals surface area contributed by atoms with Gasteiger partial charge in [0, 0.05) is 5.75 Å². The van der Waals surface area contributed by atoms with Gasteiger partial charge in [0.05, 0.1) is 5.41 Å². The molecule has 5 heteroatoms. The van der Waals surface area contributed by atoms with Crippen LogP contribution in [0.3, 0.4) is 0 Å². The lowest BCUT2D eigenvalue weighted by atomic mass is 9.91. The van der Waals surface area contributed by atoms with Gasteiger partial charge in [-0.2, -0.15) is 0 Å². The Morgan fingerprint density at radius 1 is 1.59 bits per heavy atom. The molecule has 0 aliphatic carbocycles. The fraction of sp³-hybridized carbons (Fsp3) is 0.833. The predicted octanol–water partition coefficient (Wildman–Crippen LogP) is 3.65. The van der Waals surface area contributed by atoms with Gasteiger partial charge in [0.1, 0.15) is 12.7 Å². The molecule has 0 amide bonds. The van der Waals surface area contributed by atoms with Gasteiger partial charge in [-0.1, -0.05) is 33.5 Å². The molecule has 1 unspecified atom stereocenters. The molecule has 0 radical (unpaired) electrons. The molecule has 0 aromatic carbocycles. The average Bonchev–Trinajstić information content (AvgIpc) is 2.60. The molecule has 0 saturated carbocycles. The molecule has 0 aromatic heterocycles. The van der Waals surface area contributed by atoms with Crippen molar-refractivity contribution in [3.05, 3.63) is 0 Å². The fourth-order valence-electron chi connectivity index (χ4n) is 0.956. The van der Waals surface area contributed by atoms with E-state index in [9.17, 15) is 4.79 Å². The van der Waals surface area contributed by atoms with Gasteiger partial charge in [-0.3, -0.25) is 4.79 Å². The molecule has 1 heterocycles. The van der Waals surface area contributed by atoms with E-state index < -0.39 is 5.41 Å². The maximum atomic E-state index is 11.6. The van der Waals surface area contributed by atoms with Gasteiger partial charge in [0.25, 0.3) is 0 Å². The van der Waals surface area contributed by atoms with E-state index >= 15 is 0 Å². The van der Waals surface area contributed by atoms with Crippen LogP contribution < -0.4 is 0 Å². The Morgan fingerprint density at radius 3 is 2.59 bits per heavy atom. The number of ether oxygens (including phenoxy) is 2. The van der Waals surface area contributed by atoms with Gasteiger partial charge in [-0.15, -0.1) is 0 Å². The number of thioether (sulfide) groups is 1. The Labute approximate surface area is 115 Å². The maximum Gasteiger partial charge on any atom is 0.311 e. The third-order valence-corrected chi connectivity index (χ3v) is 3.81. The van der Waals surface area contributed by atoms with Crippen LogP contribution in [-0.4, -0.2) is 28.8 Å². The van der Waals surface area contributed by atoms with E-state index in [-0.39, 0.29) is 26.9 Å². The Kier molecular flexibility index (Phi) is 8.89. The summed E-state index contributed by atoms with van der Waals surface area (Å²) in [5.74, 6) is 0.606. The van der Waals surface area contributed by atoms with Crippen LogP contribution in [0.2, 0.25) is 0 Å². The zero-order valence-electron chi connectivity index (χ0n) is 9.24. The molecule has 0 spiro atoms. The van der Waals surface area contributed by atoms with E-state index in [1.807, 2.05) is 20.8 Å². The molecule has 3 nitrogen and oxygen atoms in total. The summed E-state index contributed by atoms with van der Waals surface area (Å²) >= 11 is 6.36. The zero-order chi connectivity index (χ0) is 11.5. The monoisotopic (exact) mass is 280 g/mol. The van der Waals surface area contributed by atoms with E-state index in [0.29, 0.717) is 11.0 Å². The van der Waals surface area contributed by atoms with Crippen molar-refractivity contribution in [1.82, 2.24) is 0 Å². The van der Waals surface area contributed by atoms with Crippen molar-refractivity contribution < 1.29 is 14.3 Å². The van der Waals surface area contributed by atoms with E-state index in [1.54, 1.807) is 0 Å². The predicted molar refractivity (Wildman–Crippen MR) is 78.4 cm³/mol. The molecule has 1 rings (SSSR count).